The van der Waals surface area contributed by atoms with Crippen LogP contribution in [0.4, 0.5) is 5.69 Å². The maximum atomic E-state index is 12.5. The number of amides is 1. The van der Waals surface area contributed by atoms with Crippen molar-refractivity contribution in [2.75, 3.05) is 26.1 Å². The molecule has 0 radical (unpaired) electrons. The molecule has 31 heavy (non-hydrogen) atoms. The van der Waals surface area contributed by atoms with Gasteiger partial charge in [0.1, 0.15) is 5.75 Å². The topological polar surface area (TPSA) is 103 Å². The molecule has 0 unspecified atom stereocenters. The Hall–Kier alpha value is -3.04. The largest absolute Gasteiger partial charge is 0.495 e. The zero-order chi connectivity index (χ0) is 22.4. The summed E-state index contributed by atoms with van der Waals surface area (Å²) in [5.41, 5.74) is 1.01. The number of carbonyl (C=O) groups is 1. The molecule has 0 spiro atoms. The van der Waals surface area contributed by atoms with Gasteiger partial charge in [0.05, 0.1) is 31.4 Å². The number of hydrogen-bond donors (Lipinski definition) is 2. The van der Waals surface area contributed by atoms with Gasteiger partial charge in [0.25, 0.3) is 0 Å². The molecule has 2 aromatic rings. The monoisotopic (exact) mass is 446 g/mol. The predicted octanol–water partition coefficient (Wildman–Crippen LogP) is 3.20. The molecule has 0 bridgehead atoms. The average molecular weight is 447 g/mol. The second kappa shape index (κ2) is 9.84. The van der Waals surface area contributed by atoms with Gasteiger partial charge in [-0.25, -0.2) is 13.1 Å². The number of carbonyl (C=O) groups excluding carboxylic acids is 1. The molecule has 166 valence electrons. The number of nitrogens with one attached hydrogen (secondary N) is 2. The first-order chi connectivity index (χ1) is 14.9. The SMILES string of the molecule is CCOc1ccc(/C=C/C(=O)Nc2cc(S(=O)(=O)NC3CC3)ccc2OC)cc1OC. The number of benzene rings is 2. The molecule has 8 nitrogen and oxygen atoms in total. The van der Waals surface area contributed by atoms with E-state index in [0.29, 0.717) is 23.9 Å². The van der Waals surface area contributed by atoms with Crippen molar-refractivity contribution in [3.05, 3.63) is 48.0 Å². The summed E-state index contributed by atoms with van der Waals surface area (Å²) >= 11 is 0. The Kier molecular flexibility index (Phi) is 7.19. The van der Waals surface area contributed by atoms with Gasteiger partial charge in [0.2, 0.25) is 15.9 Å². The highest BCUT2D eigenvalue weighted by molar-refractivity contribution is 7.89. The first-order valence-corrected chi connectivity index (χ1v) is 11.3. The summed E-state index contributed by atoms with van der Waals surface area (Å²) in [6.07, 6.45) is 4.63. The lowest BCUT2D eigenvalue weighted by atomic mass is 10.2. The van der Waals surface area contributed by atoms with Gasteiger partial charge in [0.15, 0.2) is 11.5 Å². The van der Waals surface area contributed by atoms with E-state index in [0.717, 1.165) is 18.4 Å². The standard InChI is InChI=1S/C22H26N2O6S/c1-4-30-20-10-5-15(13-21(20)29-3)6-12-22(25)23-18-14-17(9-11-19(18)28-2)31(26,27)24-16-7-8-16/h5-6,9-14,16,24H,4,7-8H2,1-3H3,(H,23,25)/b12-6+. The van der Waals surface area contributed by atoms with Crippen LogP contribution in [0, 0.1) is 0 Å². The van der Waals surface area contributed by atoms with Crippen molar-refractivity contribution in [3.8, 4) is 17.2 Å². The van der Waals surface area contributed by atoms with Gasteiger partial charge >= 0.3 is 0 Å². The number of rotatable bonds is 10. The molecule has 2 aromatic carbocycles. The van der Waals surface area contributed by atoms with Crippen LogP contribution < -0.4 is 24.2 Å². The smallest absolute Gasteiger partial charge is 0.248 e. The molecule has 0 atom stereocenters. The number of sulfonamides is 1. The zero-order valence-electron chi connectivity index (χ0n) is 17.7. The molecule has 0 aromatic heterocycles. The second-order valence-corrected chi connectivity index (χ2v) is 8.64. The van der Waals surface area contributed by atoms with Crippen LogP contribution in [0.25, 0.3) is 6.08 Å². The van der Waals surface area contributed by atoms with Gasteiger partial charge in [-0.15, -0.1) is 0 Å². The fourth-order valence-corrected chi connectivity index (χ4v) is 4.18. The van der Waals surface area contributed by atoms with Crippen LogP contribution in [0.15, 0.2) is 47.4 Å². The summed E-state index contributed by atoms with van der Waals surface area (Å²) in [5, 5.41) is 2.67. The van der Waals surface area contributed by atoms with Crippen molar-refractivity contribution in [1.29, 1.82) is 0 Å². The quantitative estimate of drug-likeness (QED) is 0.544. The van der Waals surface area contributed by atoms with E-state index in [2.05, 4.69) is 10.0 Å². The fraction of sp³-hybridized carbons (Fsp3) is 0.318. The lowest BCUT2D eigenvalue weighted by Gasteiger charge is -2.12. The predicted molar refractivity (Wildman–Crippen MR) is 118 cm³/mol. The minimum absolute atomic E-state index is 0.0146. The van der Waals surface area contributed by atoms with Gasteiger partial charge in [0, 0.05) is 12.1 Å². The van der Waals surface area contributed by atoms with E-state index in [-0.39, 0.29) is 16.6 Å². The summed E-state index contributed by atoms with van der Waals surface area (Å²) in [6.45, 7) is 2.40. The van der Waals surface area contributed by atoms with Crippen molar-refractivity contribution in [1.82, 2.24) is 4.72 Å². The Morgan fingerprint density at radius 3 is 2.42 bits per heavy atom. The minimum atomic E-state index is -3.65. The molecular formula is C22H26N2O6S. The van der Waals surface area contributed by atoms with Gasteiger partial charge in [-0.3, -0.25) is 4.79 Å². The molecule has 1 aliphatic rings. The summed E-state index contributed by atoms with van der Waals surface area (Å²) in [4.78, 5) is 12.5. The molecule has 1 aliphatic carbocycles. The van der Waals surface area contributed by atoms with Crippen LogP contribution in [-0.4, -0.2) is 41.2 Å². The average Bonchev–Trinajstić information content (AvgIpc) is 3.56. The van der Waals surface area contributed by atoms with Crippen LogP contribution in [0.2, 0.25) is 0 Å². The molecular weight excluding hydrogens is 420 g/mol. The van der Waals surface area contributed by atoms with Gasteiger partial charge in [-0.1, -0.05) is 6.07 Å². The zero-order valence-corrected chi connectivity index (χ0v) is 18.5. The number of ether oxygens (including phenoxy) is 3. The molecule has 0 saturated heterocycles. The van der Waals surface area contributed by atoms with Crippen molar-refractivity contribution < 1.29 is 27.4 Å². The Bertz CT molecular complexity index is 1080. The van der Waals surface area contributed by atoms with Crippen molar-refractivity contribution in [3.63, 3.8) is 0 Å². The Morgan fingerprint density at radius 1 is 1.06 bits per heavy atom. The van der Waals surface area contributed by atoms with Gasteiger partial charge < -0.3 is 19.5 Å². The number of anilines is 1. The van der Waals surface area contributed by atoms with Crippen LogP contribution in [0.5, 0.6) is 17.2 Å². The molecule has 9 heteroatoms. The minimum Gasteiger partial charge on any atom is -0.495 e. The second-order valence-electron chi connectivity index (χ2n) is 6.92. The summed E-state index contributed by atoms with van der Waals surface area (Å²) in [5.74, 6) is 1.10. The molecule has 1 amide bonds. The fourth-order valence-electron chi connectivity index (χ4n) is 2.85. The van der Waals surface area contributed by atoms with E-state index in [1.807, 2.05) is 6.92 Å². The molecule has 2 N–H and O–H groups in total. The lowest BCUT2D eigenvalue weighted by Crippen LogP contribution is -2.25. The van der Waals surface area contributed by atoms with Crippen molar-refractivity contribution in [2.24, 2.45) is 0 Å². The van der Waals surface area contributed by atoms with Crippen LogP contribution in [0.1, 0.15) is 25.3 Å². The lowest BCUT2D eigenvalue weighted by molar-refractivity contribution is -0.111. The third kappa shape index (κ3) is 5.99. The Morgan fingerprint density at radius 2 is 1.77 bits per heavy atom. The third-order valence-electron chi connectivity index (χ3n) is 4.55. The third-order valence-corrected chi connectivity index (χ3v) is 6.07. The molecule has 1 fully saturated rings. The van der Waals surface area contributed by atoms with Gasteiger partial charge in [-0.05, 0) is 61.7 Å². The Labute approximate surface area is 182 Å². The molecule has 0 heterocycles. The number of hydrogen-bond acceptors (Lipinski definition) is 6. The summed E-state index contributed by atoms with van der Waals surface area (Å²) in [6, 6.07) is 9.65. The van der Waals surface area contributed by atoms with Crippen LogP contribution in [-0.2, 0) is 14.8 Å². The normalized spacial score (nSPS) is 13.8. The summed E-state index contributed by atoms with van der Waals surface area (Å²) in [7, 11) is -0.660. The summed E-state index contributed by atoms with van der Waals surface area (Å²) < 4.78 is 43.6. The highest BCUT2D eigenvalue weighted by atomic mass is 32.2. The van der Waals surface area contributed by atoms with Crippen LogP contribution >= 0.6 is 0 Å². The maximum Gasteiger partial charge on any atom is 0.248 e. The Balaban J connectivity index is 1.75. The van der Waals surface area contributed by atoms with E-state index in [1.54, 1.807) is 31.4 Å². The van der Waals surface area contributed by atoms with E-state index in [4.69, 9.17) is 14.2 Å². The van der Waals surface area contributed by atoms with Crippen LogP contribution in [0.3, 0.4) is 0 Å². The van der Waals surface area contributed by atoms with Crippen molar-refractivity contribution in [2.45, 2.75) is 30.7 Å². The number of methoxy groups -OCH3 is 2. The van der Waals surface area contributed by atoms with E-state index < -0.39 is 15.9 Å². The van der Waals surface area contributed by atoms with Gasteiger partial charge in [-0.2, -0.15) is 0 Å². The highest BCUT2D eigenvalue weighted by Crippen LogP contribution is 2.30. The molecule has 0 aliphatic heterocycles. The maximum absolute atomic E-state index is 12.5. The van der Waals surface area contributed by atoms with E-state index >= 15 is 0 Å². The molecule has 1 saturated carbocycles. The molecule has 3 rings (SSSR count). The van der Waals surface area contributed by atoms with Crippen molar-refractivity contribution >= 4 is 27.7 Å². The first-order valence-electron chi connectivity index (χ1n) is 9.86. The van der Waals surface area contributed by atoms with E-state index in [9.17, 15) is 13.2 Å². The van der Waals surface area contributed by atoms with E-state index in [1.165, 1.54) is 31.4 Å². The first kappa shape index (κ1) is 22.6. The highest BCUT2D eigenvalue weighted by Gasteiger charge is 2.28.